The van der Waals surface area contributed by atoms with Crippen LogP contribution in [0.2, 0.25) is 0 Å². The third kappa shape index (κ3) is 3.18. The van der Waals surface area contributed by atoms with Crippen LogP contribution in [0.4, 0.5) is 0 Å². The summed E-state index contributed by atoms with van der Waals surface area (Å²) < 4.78 is 1.75. The number of fused-ring (bicyclic) bond motifs is 6. The van der Waals surface area contributed by atoms with Crippen molar-refractivity contribution in [1.29, 1.82) is 0 Å². The standard InChI is InChI=1S/C27H34N4O4S/c1-25-8-6-16(32)10-15(25)4-5-17-18-7-9-27(35,26(18,2)11-19(33)21(17)25)20(34)12-31-14-30-23-22(31)24(36-3)29-13-28-23/h10,13-14,17-19,21,33,35H,4-9,11-12H2,1-3H3/t17-,18-,19-,21+,25-,26-,27-/m0/s1. The second-order valence-corrected chi connectivity index (χ2v) is 12.6. The normalized spacial score (nSPS) is 39.9. The molecule has 2 heterocycles. The highest BCUT2D eigenvalue weighted by Gasteiger charge is 2.68. The minimum absolute atomic E-state index is 0.00680. The molecule has 8 nitrogen and oxygen atoms in total. The van der Waals surface area contributed by atoms with E-state index < -0.39 is 17.1 Å². The molecule has 2 aromatic heterocycles. The van der Waals surface area contributed by atoms with Gasteiger partial charge in [-0.3, -0.25) is 9.59 Å². The van der Waals surface area contributed by atoms with Crippen molar-refractivity contribution in [3.8, 4) is 0 Å². The van der Waals surface area contributed by atoms with Crippen molar-refractivity contribution < 1.29 is 19.8 Å². The molecule has 36 heavy (non-hydrogen) atoms. The maximum atomic E-state index is 13.9. The molecule has 4 aliphatic carbocycles. The first-order valence-electron chi connectivity index (χ1n) is 13.0. The second-order valence-electron chi connectivity index (χ2n) is 11.8. The average molecular weight is 511 g/mol. The summed E-state index contributed by atoms with van der Waals surface area (Å²) in [6, 6.07) is 0. The third-order valence-electron chi connectivity index (χ3n) is 10.4. The van der Waals surface area contributed by atoms with Gasteiger partial charge in [-0.1, -0.05) is 19.4 Å². The number of aliphatic hydroxyl groups is 2. The fourth-order valence-electron chi connectivity index (χ4n) is 8.59. The number of aromatic nitrogens is 4. The lowest BCUT2D eigenvalue weighted by Gasteiger charge is -2.60. The minimum atomic E-state index is -1.52. The summed E-state index contributed by atoms with van der Waals surface area (Å²) in [4.78, 5) is 38.9. The molecule has 0 saturated heterocycles. The van der Waals surface area contributed by atoms with Gasteiger partial charge in [-0.15, -0.1) is 11.8 Å². The van der Waals surface area contributed by atoms with Crippen LogP contribution in [0, 0.1) is 28.6 Å². The zero-order valence-corrected chi connectivity index (χ0v) is 21.9. The molecule has 0 aliphatic heterocycles. The number of Topliss-reactive ketones (excluding diaryl/α,β-unsaturated/α-hetero) is 1. The van der Waals surface area contributed by atoms with Gasteiger partial charge in [-0.2, -0.15) is 0 Å². The van der Waals surface area contributed by atoms with Crippen molar-refractivity contribution in [3.05, 3.63) is 24.3 Å². The maximum Gasteiger partial charge on any atom is 0.184 e. The highest BCUT2D eigenvalue weighted by atomic mass is 32.2. The van der Waals surface area contributed by atoms with Crippen LogP contribution < -0.4 is 0 Å². The molecular weight excluding hydrogens is 476 g/mol. The van der Waals surface area contributed by atoms with Crippen LogP contribution in [0.15, 0.2) is 29.3 Å². The van der Waals surface area contributed by atoms with Crippen molar-refractivity contribution >= 4 is 34.5 Å². The van der Waals surface area contributed by atoms with Gasteiger partial charge in [0.05, 0.1) is 19.0 Å². The summed E-state index contributed by atoms with van der Waals surface area (Å²) in [5.41, 5.74) is 0.0109. The van der Waals surface area contributed by atoms with Crippen molar-refractivity contribution in [2.45, 2.75) is 82.1 Å². The molecule has 0 aromatic carbocycles. The molecule has 0 amide bonds. The Balaban J connectivity index is 1.32. The predicted molar refractivity (Wildman–Crippen MR) is 135 cm³/mol. The van der Waals surface area contributed by atoms with Crippen molar-refractivity contribution in [2.75, 3.05) is 6.26 Å². The molecule has 2 aromatic rings. The summed E-state index contributed by atoms with van der Waals surface area (Å²) in [7, 11) is 0. The average Bonchev–Trinajstić information content (AvgIpc) is 3.38. The Morgan fingerprint density at radius 2 is 2.00 bits per heavy atom. The number of ketones is 2. The topological polar surface area (TPSA) is 118 Å². The van der Waals surface area contributed by atoms with E-state index in [1.54, 1.807) is 10.9 Å². The van der Waals surface area contributed by atoms with Gasteiger partial charge in [0.15, 0.2) is 17.2 Å². The van der Waals surface area contributed by atoms with E-state index in [0.29, 0.717) is 30.4 Å². The van der Waals surface area contributed by atoms with E-state index >= 15 is 0 Å². The smallest absolute Gasteiger partial charge is 0.184 e. The molecule has 2 N–H and O–H groups in total. The predicted octanol–water partition coefficient (Wildman–Crippen LogP) is 3.35. The molecule has 0 radical (unpaired) electrons. The molecule has 0 spiro atoms. The summed E-state index contributed by atoms with van der Waals surface area (Å²) in [5, 5.41) is 24.4. The SMILES string of the molecule is CSc1ncnc2ncn(CC(=O)[C@@]3(O)CC[C@H]4[C@@H]5CCC6=CC(=O)CC[C@]6(C)[C@H]5[C@@H](O)C[C@@]43C)c12. The molecule has 3 fully saturated rings. The summed E-state index contributed by atoms with van der Waals surface area (Å²) >= 11 is 1.47. The number of imidazole rings is 1. The molecule has 0 bridgehead atoms. The first-order chi connectivity index (χ1) is 17.1. The van der Waals surface area contributed by atoms with Crippen LogP contribution >= 0.6 is 11.8 Å². The molecular formula is C27H34N4O4S. The first-order valence-corrected chi connectivity index (χ1v) is 14.2. The van der Waals surface area contributed by atoms with Gasteiger partial charge in [0.2, 0.25) is 0 Å². The van der Waals surface area contributed by atoms with Crippen molar-refractivity contribution in [2.24, 2.45) is 28.6 Å². The summed E-state index contributed by atoms with van der Waals surface area (Å²) in [6.07, 6.45) is 10.8. The van der Waals surface area contributed by atoms with Gasteiger partial charge in [0.1, 0.15) is 22.5 Å². The molecule has 6 rings (SSSR count). The molecule has 192 valence electrons. The van der Waals surface area contributed by atoms with E-state index in [-0.39, 0.29) is 41.3 Å². The lowest BCUT2D eigenvalue weighted by Crippen LogP contribution is -2.62. The zero-order valence-electron chi connectivity index (χ0n) is 21.1. The Bertz CT molecular complexity index is 1290. The summed E-state index contributed by atoms with van der Waals surface area (Å²) in [6.45, 7) is 4.23. The number of aliphatic hydroxyl groups excluding tert-OH is 1. The monoisotopic (exact) mass is 510 g/mol. The Morgan fingerprint density at radius 3 is 2.78 bits per heavy atom. The van der Waals surface area contributed by atoms with Crippen LogP contribution in [0.1, 0.15) is 58.8 Å². The molecule has 4 aliphatic rings. The second kappa shape index (κ2) is 8.20. The Hall–Kier alpha value is -2.10. The van der Waals surface area contributed by atoms with E-state index in [4.69, 9.17) is 0 Å². The zero-order chi connectivity index (χ0) is 25.5. The highest BCUT2D eigenvalue weighted by molar-refractivity contribution is 7.98. The number of allylic oxidation sites excluding steroid dienone is 1. The van der Waals surface area contributed by atoms with E-state index in [1.165, 1.54) is 23.7 Å². The number of carbonyl (C=O) groups is 2. The number of rotatable bonds is 4. The van der Waals surface area contributed by atoms with Gasteiger partial charge >= 0.3 is 0 Å². The lowest BCUT2D eigenvalue weighted by molar-refractivity contribution is -0.181. The molecule has 7 atom stereocenters. The molecule has 3 saturated carbocycles. The maximum absolute atomic E-state index is 13.9. The number of hydrogen-bond donors (Lipinski definition) is 2. The van der Waals surface area contributed by atoms with Crippen LogP contribution in [-0.4, -0.2) is 59.3 Å². The Kier molecular flexibility index (Phi) is 5.52. The Labute approximate surface area is 215 Å². The number of hydrogen-bond acceptors (Lipinski definition) is 8. The van der Waals surface area contributed by atoms with Gasteiger partial charge in [0, 0.05) is 11.8 Å². The van der Waals surface area contributed by atoms with Gasteiger partial charge in [-0.25, -0.2) is 15.0 Å². The molecule has 9 heteroatoms. The van der Waals surface area contributed by atoms with Gasteiger partial charge in [0.25, 0.3) is 0 Å². The number of nitrogens with zero attached hydrogens (tertiary/aromatic N) is 4. The fraction of sp³-hybridized carbons (Fsp3) is 0.667. The fourth-order valence-corrected chi connectivity index (χ4v) is 9.14. The van der Waals surface area contributed by atoms with Crippen LogP contribution in [0.5, 0.6) is 0 Å². The van der Waals surface area contributed by atoms with E-state index in [0.717, 1.165) is 30.7 Å². The summed E-state index contributed by atoms with van der Waals surface area (Å²) in [5.74, 6) is 0.389. The van der Waals surface area contributed by atoms with Crippen LogP contribution in [0.25, 0.3) is 11.2 Å². The van der Waals surface area contributed by atoms with E-state index in [9.17, 15) is 19.8 Å². The third-order valence-corrected chi connectivity index (χ3v) is 11.1. The van der Waals surface area contributed by atoms with Crippen LogP contribution in [0.3, 0.4) is 0 Å². The van der Waals surface area contributed by atoms with Crippen molar-refractivity contribution in [3.63, 3.8) is 0 Å². The highest BCUT2D eigenvalue weighted by Crippen LogP contribution is 2.67. The van der Waals surface area contributed by atoms with Crippen LogP contribution in [-0.2, 0) is 16.1 Å². The number of carbonyl (C=O) groups excluding carboxylic acids is 2. The number of thioether (sulfide) groups is 1. The van der Waals surface area contributed by atoms with Gasteiger partial charge < -0.3 is 14.8 Å². The lowest BCUT2D eigenvalue weighted by atomic mass is 9.45. The largest absolute Gasteiger partial charge is 0.393 e. The first kappa shape index (κ1) is 24.2. The van der Waals surface area contributed by atoms with Gasteiger partial charge in [-0.05, 0) is 74.0 Å². The van der Waals surface area contributed by atoms with E-state index in [2.05, 4.69) is 21.9 Å². The van der Waals surface area contributed by atoms with Crippen molar-refractivity contribution in [1.82, 2.24) is 19.5 Å². The minimum Gasteiger partial charge on any atom is -0.393 e. The Morgan fingerprint density at radius 1 is 1.19 bits per heavy atom. The molecule has 0 unspecified atom stereocenters. The quantitative estimate of drug-likeness (QED) is 0.475. The van der Waals surface area contributed by atoms with E-state index in [1.807, 2.05) is 19.3 Å².